The lowest BCUT2D eigenvalue weighted by Gasteiger charge is -2.36. The number of ether oxygens (including phenoxy) is 1. The quantitative estimate of drug-likeness (QED) is 0.701. The lowest BCUT2D eigenvalue weighted by Crippen LogP contribution is -2.53. The molecule has 2 aliphatic heterocycles. The molecule has 0 radical (unpaired) electrons. The van der Waals surface area contributed by atoms with Gasteiger partial charge in [-0.25, -0.2) is 8.78 Å². The van der Waals surface area contributed by atoms with E-state index in [4.69, 9.17) is 9.84 Å². The summed E-state index contributed by atoms with van der Waals surface area (Å²) in [6, 6.07) is -1.21. The highest BCUT2D eigenvalue weighted by molar-refractivity contribution is 5.74. The molecule has 1 atom stereocenters. The second-order valence-corrected chi connectivity index (χ2v) is 3.78. The van der Waals surface area contributed by atoms with Crippen LogP contribution in [0.25, 0.3) is 0 Å². The van der Waals surface area contributed by atoms with E-state index < -0.39 is 30.9 Å². The van der Waals surface area contributed by atoms with Crippen LogP contribution in [0, 0.1) is 0 Å². The second-order valence-electron chi connectivity index (χ2n) is 3.78. The third-order valence-corrected chi connectivity index (χ3v) is 2.68. The molecule has 6 heteroatoms. The molecule has 0 aromatic rings. The van der Waals surface area contributed by atoms with E-state index >= 15 is 0 Å². The number of halogens is 2. The zero-order valence-corrected chi connectivity index (χ0v) is 7.45. The van der Waals surface area contributed by atoms with Gasteiger partial charge in [0.1, 0.15) is 6.04 Å². The number of alkyl halides is 2. The molecule has 0 aromatic heterocycles. The van der Waals surface area contributed by atoms with Gasteiger partial charge in [0.15, 0.2) is 0 Å². The van der Waals surface area contributed by atoms with Crippen molar-refractivity contribution in [1.82, 2.24) is 4.90 Å². The molecule has 0 amide bonds. The highest BCUT2D eigenvalue weighted by atomic mass is 19.3. The number of carbonyl (C=O) groups is 1. The molecule has 80 valence electrons. The average molecular weight is 207 g/mol. The number of hydrogen-bond acceptors (Lipinski definition) is 3. The maximum Gasteiger partial charge on any atom is 0.321 e. The van der Waals surface area contributed by atoms with E-state index in [0.29, 0.717) is 13.2 Å². The Hall–Kier alpha value is -0.750. The number of aliphatic carboxylic acids is 1. The summed E-state index contributed by atoms with van der Waals surface area (Å²) < 4.78 is 30.8. The van der Waals surface area contributed by atoms with Gasteiger partial charge in [0.25, 0.3) is 5.92 Å². The molecule has 4 nitrogen and oxygen atoms in total. The van der Waals surface area contributed by atoms with Crippen LogP contribution in [-0.4, -0.2) is 53.7 Å². The Morgan fingerprint density at radius 3 is 2.57 bits per heavy atom. The fraction of sp³-hybridized carbons (Fsp3) is 0.875. The number of carboxylic acids is 1. The first-order chi connectivity index (χ1) is 6.49. The van der Waals surface area contributed by atoms with Gasteiger partial charge in [-0.1, -0.05) is 0 Å². The van der Waals surface area contributed by atoms with Gasteiger partial charge in [0.05, 0.1) is 25.8 Å². The first-order valence-corrected chi connectivity index (χ1v) is 4.44. The topological polar surface area (TPSA) is 49.8 Å². The third-order valence-electron chi connectivity index (χ3n) is 2.68. The van der Waals surface area contributed by atoms with Crippen molar-refractivity contribution in [2.24, 2.45) is 0 Å². The smallest absolute Gasteiger partial charge is 0.321 e. The summed E-state index contributed by atoms with van der Waals surface area (Å²) in [5.41, 5.74) is 0. The summed E-state index contributed by atoms with van der Waals surface area (Å²) in [4.78, 5) is 12.1. The molecule has 14 heavy (non-hydrogen) atoms. The fourth-order valence-electron chi connectivity index (χ4n) is 1.87. The number of likely N-dealkylation sites (tertiary alicyclic amines) is 1. The monoisotopic (exact) mass is 207 g/mol. The molecule has 0 bridgehead atoms. The van der Waals surface area contributed by atoms with Crippen LogP contribution in [0.3, 0.4) is 0 Å². The van der Waals surface area contributed by atoms with Crippen molar-refractivity contribution in [3.8, 4) is 0 Å². The lowest BCUT2D eigenvalue weighted by molar-refractivity contribution is -0.147. The van der Waals surface area contributed by atoms with Gasteiger partial charge in [0, 0.05) is 6.42 Å². The molecule has 0 unspecified atom stereocenters. The van der Waals surface area contributed by atoms with Gasteiger partial charge >= 0.3 is 5.97 Å². The minimum absolute atomic E-state index is 0.149. The Balaban J connectivity index is 2.09. The number of carboxylic acid groups (broad SMARTS) is 1. The Morgan fingerprint density at radius 2 is 2.14 bits per heavy atom. The minimum Gasteiger partial charge on any atom is -0.480 e. The summed E-state index contributed by atoms with van der Waals surface area (Å²) in [6.45, 7) is 0.262. The van der Waals surface area contributed by atoms with Crippen molar-refractivity contribution in [3.63, 3.8) is 0 Å². The molecule has 0 aromatic carbocycles. The van der Waals surface area contributed by atoms with Crippen molar-refractivity contribution < 1.29 is 23.4 Å². The predicted octanol–water partition coefficient (Wildman–Crippen LogP) is 0.179. The van der Waals surface area contributed by atoms with Crippen LogP contribution in [0.15, 0.2) is 0 Å². The van der Waals surface area contributed by atoms with E-state index in [1.807, 2.05) is 0 Å². The summed E-state index contributed by atoms with van der Waals surface area (Å²) in [5.74, 6) is -4.05. The van der Waals surface area contributed by atoms with Crippen molar-refractivity contribution in [3.05, 3.63) is 0 Å². The maximum absolute atomic E-state index is 13.0. The molecule has 0 spiro atoms. The van der Waals surface area contributed by atoms with E-state index in [-0.39, 0.29) is 6.04 Å². The van der Waals surface area contributed by atoms with Crippen molar-refractivity contribution in [2.45, 2.75) is 24.4 Å². The standard InChI is InChI=1S/C8H11F2NO3/c9-8(10)1-6(7(12)13)11(4-8)5-2-14-3-5/h5-6H,1-4H2,(H,12,13)/t6-/m0/s1. The summed E-state index contributed by atoms with van der Waals surface area (Å²) in [6.07, 6.45) is -0.584. The highest BCUT2D eigenvalue weighted by Crippen LogP contribution is 2.34. The molecular formula is C8H11F2NO3. The van der Waals surface area contributed by atoms with Gasteiger partial charge in [-0.3, -0.25) is 9.69 Å². The molecule has 1 N–H and O–H groups in total. The normalized spacial score (nSPS) is 32.9. The van der Waals surface area contributed by atoms with Crippen LogP contribution in [0.4, 0.5) is 8.78 Å². The molecule has 2 fully saturated rings. The minimum atomic E-state index is -2.88. The lowest BCUT2D eigenvalue weighted by atomic mass is 10.1. The van der Waals surface area contributed by atoms with E-state index in [1.165, 1.54) is 4.90 Å². The molecule has 0 aliphatic carbocycles. The fourth-order valence-corrected chi connectivity index (χ4v) is 1.87. The first-order valence-electron chi connectivity index (χ1n) is 4.44. The summed E-state index contributed by atoms with van der Waals surface area (Å²) >= 11 is 0. The molecular weight excluding hydrogens is 196 g/mol. The Bertz CT molecular complexity index is 255. The Morgan fingerprint density at radius 1 is 1.50 bits per heavy atom. The van der Waals surface area contributed by atoms with E-state index in [0.717, 1.165) is 0 Å². The van der Waals surface area contributed by atoms with Crippen molar-refractivity contribution in [1.29, 1.82) is 0 Å². The van der Waals surface area contributed by atoms with Crippen LogP contribution in [0.2, 0.25) is 0 Å². The van der Waals surface area contributed by atoms with Crippen LogP contribution in [-0.2, 0) is 9.53 Å². The highest BCUT2D eigenvalue weighted by Gasteiger charge is 2.51. The van der Waals surface area contributed by atoms with Crippen LogP contribution >= 0.6 is 0 Å². The van der Waals surface area contributed by atoms with E-state index in [9.17, 15) is 13.6 Å². The van der Waals surface area contributed by atoms with Crippen LogP contribution in [0.5, 0.6) is 0 Å². The largest absolute Gasteiger partial charge is 0.480 e. The van der Waals surface area contributed by atoms with Crippen LogP contribution < -0.4 is 0 Å². The van der Waals surface area contributed by atoms with E-state index in [1.54, 1.807) is 0 Å². The molecule has 0 saturated carbocycles. The van der Waals surface area contributed by atoms with Gasteiger partial charge in [-0.15, -0.1) is 0 Å². The maximum atomic E-state index is 13.0. The predicted molar refractivity (Wildman–Crippen MR) is 42.3 cm³/mol. The zero-order chi connectivity index (χ0) is 10.3. The zero-order valence-electron chi connectivity index (χ0n) is 7.45. The van der Waals surface area contributed by atoms with Gasteiger partial charge in [0.2, 0.25) is 0 Å². The molecule has 2 aliphatic rings. The average Bonchev–Trinajstić information content (AvgIpc) is 2.22. The van der Waals surface area contributed by atoms with E-state index in [2.05, 4.69) is 0 Å². The Kier molecular flexibility index (Phi) is 2.19. The van der Waals surface area contributed by atoms with Crippen molar-refractivity contribution >= 4 is 5.97 Å². The van der Waals surface area contributed by atoms with Gasteiger partial charge in [-0.2, -0.15) is 0 Å². The molecule has 2 saturated heterocycles. The SMILES string of the molecule is O=C(O)[C@@H]1CC(F)(F)CN1C1COC1. The van der Waals surface area contributed by atoms with Crippen LogP contribution in [0.1, 0.15) is 6.42 Å². The van der Waals surface area contributed by atoms with Gasteiger partial charge in [-0.05, 0) is 0 Å². The first kappa shape index (κ1) is 9.79. The second kappa shape index (κ2) is 3.13. The van der Waals surface area contributed by atoms with Crippen molar-refractivity contribution in [2.75, 3.05) is 19.8 Å². The number of rotatable bonds is 2. The molecule has 2 rings (SSSR count). The number of hydrogen-bond donors (Lipinski definition) is 1. The summed E-state index contributed by atoms with van der Waals surface area (Å²) in [5, 5.41) is 8.77. The Labute approximate surface area is 79.4 Å². The van der Waals surface area contributed by atoms with Gasteiger partial charge < -0.3 is 9.84 Å². The third kappa shape index (κ3) is 1.59. The molecule has 2 heterocycles. The number of nitrogens with zero attached hydrogens (tertiary/aromatic N) is 1. The summed E-state index contributed by atoms with van der Waals surface area (Å²) in [7, 11) is 0.